The first-order chi connectivity index (χ1) is 10.3. The van der Waals surface area contributed by atoms with Gasteiger partial charge in [0.25, 0.3) is 0 Å². The number of hydrogen-bond acceptors (Lipinski definition) is 3. The molecule has 0 heterocycles. The lowest BCUT2D eigenvalue weighted by Crippen LogP contribution is -1.97. The summed E-state index contributed by atoms with van der Waals surface area (Å²) in [5.41, 5.74) is 2.20. The van der Waals surface area contributed by atoms with E-state index < -0.39 is 0 Å². The van der Waals surface area contributed by atoms with E-state index in [1.54, 1.807) is 0 Å². The molecule has 2 N–H and O–H groups in total. The number of aliphatic hydroxyl groups excluding tert-OH is 2. The maximum absolute atomic E-state index is 8.98. The Balaban J connectivity index is 2.18. The Morgan fingerprint density at radius 1 is 0.667 bits per heavy atom. The Kier molecular flexibility index (Phi) is 6.25. The van der Waals surface area contributed by atoms with Gasteiger partial charge in [0.15, 0.2) is 0 Å². The molecule has 0 fully saturated rings. The van der Waals surface area contributed by atoms with Crippen molar-refractivity contribution in [3.63, 3.8) is 0 Å². The second-order valence-electron chi connectivity index (χ2n) is 4.97. The SMILES string of the molecule is OCCCc1ccccc1Oc1ccccc1CCCO. The monoisotopic (exact) mass is 286 g/mol. The van der Waals surface area contributed by atoms with E-state index in [0.717, 1.165) is 48.3 Å². The molecule has 0 aliphatic heterocycles. The molecule has 3 nitrogen and oxygen atoms in total. The van der Waals surface area contributed by atoms with Crippen molar-refractivity contribution in [2.24, 2.45) is 0 Å². The molecule has 0 saturated heterocycles. The lowest BCUT2D eigenvalue weighted by Gasteiger charge is -2.14. The Morgan fingerprint density at radius 3 is 1.52 bits per heavy atom. The van der Waals surface area contributed by atoms with Crippen LogP contribution in [0.15, 0.2) is 48.5 Å². The number of hydrogen-bond donors (Lipinski definition) is 2. The van der Waals surface area contributed by atoms with E-state index in [4.69, 9.17) is 14.9 Å². The number of aliphatic hydroxyl groups is 2. The molecule has 0 aliphatic rings. The first-order valence-electron chi connectivity index (χ1n) is 7.40. The summed E-state index contributed by atoms with van der Waals surface area (Å²) in [7, 11) is 0. The van der Waals surface area contributed by atoms with Gasteiger partial charge in [0.1, 0.15) is 11.5 Å². The second kappa shape index (κ2) is 8.45. The first kappa shape index (κ1) is 15.5. The third kappa shape index (κ3) is 4.59. The van der Waals surface area contributed by atoms with E-state index in [1.807, 2.05) is 48.5 Å². The predicted octanol–water partition coefficient (Wildman–Crippen LogP) is 3.33. The molecule has 3 heteroatoms. The van der Waals surface area contributed by atoms with Gasteiger partial charge < -0.3 is 14.9 Å². The minimum atomic E-state index is 0.182. The van der Waals surface area contributed by atoms with Gasteiger partial charge in [-0.05, 0) is 48.9 Å². The fourth-order valence-electron chi connectivity index (χ4n) is 2.28. The van der Waals surface area contributed by atoms with Crippen molar-refractivity contribution in [3.05, 3.63) is 59.7 Å². The molecular formula is C18H22O3. The van der Waals surface area contributed by atoms with Gasteiger partial charge in [-0.3, -0.25) is 0 Å². The van der Waals surface area contributed by atoms with Crippen LogP contribution >= 0.6 is 0 Å². The quantitative estimate of drug-likeness (QED) is 0.782. The molecule has 2 aromatic carbocycles. The number of ether oxygens (including phenoxy) is 1. The van der Waals surface area contributed by atoms with Crippen molar-refractivity contribution >= 4 is 0 Å². The number of aryl methyl sites for hydroxylation is 2. The van der Waals surface area contributed by atoms with Crippen molar-refractivity contribution in [3.8, 4) is 11.5 Å². The Bertz CT molecular complexity index is 502. The Hall–Kier alpha value is -1.84. The Morgan fingerprint density at radius 2 is 1.10 bits per heavy atom. The van der Waals surface area contributed by atoms with Gasteiger partial charge in [-0.1, -0.05) is 36.4 Å². The zero-order valence-corrected chi connectivity index (χ0v) is 12.2. The zero-order valence-electron chi connectivity index (χ0n) is 12.2. The normalized spacial score (nSPS) is 10.6. The lowest BCUT2D eigenvalue weighted by atomic mass is 10.1. The maximum Gasteiger partial charge on any atom is 0.130 e. The molecule has 0 unspecified atom stereocenters. The predicted molar refractivity (Wildman–Crippen MR) is 83.8 cm³/mol. The number of para-hydroxylation sites is 2. The summed E-state index contributed by atoms with van der Waals surface area (Å²) in [5.74, 6) is 1.67. The molecule has 0 bridgehead atoms. The van der Waals surface area contributed by atoms with Gasteiger partial charge in [0.05, 0.1) is 0 Å². The van der Waals surface area contributed by atoms with Crippen molar-refractivity contribution in [2.45, 2.75) is 25.7 Å². The van der Waals surface area contributed by atoms with E-state index in [-0.39, 0.29) is 13.2 Å². The molecule has 0 amide bonds. The highest BCUT2D eigenvalue weighted by molar-refractivity contribution is 5.41. The number of benzene rings is 2. The smallest absolute Gasteiger partial charge is 0.130 e. The van der Waals surface area contributed by atoms with Gasteiger partial charge in [-0.15, -0.1) is 0 Å². The van der Waals surface area contributed by atoms with Crippen LogP contribution in [-0.4, -0.2) is 23.4 Å². The van der Waals surface area contributed by atoms with Crippen LogP contribution in [0, 0.1) is 0 Å². The van der Waals surface area contributed by atoms with Crippen LogP contribution < -0.4 is 4.74 Å². The van der Waals surface area contributed by atoms with Crippen LogP contribution in [0.5, 0.6) is 11.5 Å². The van der Waals surface area contributed by atoms with Crippen LogP contribution in [0.1, 0.15) is 24.0 Å². The summed E-state index contributed by atoms with van der Waals surface area (Å²) in [4.78, 5) is 0. The van der Waals surface area contributed by atoms with Crippen molar-refractivity contribution in [1.82, 2.24) is 0 Å². The number of rotatable bonds is 8. The summed E-state index contributed by atoms with van der Waals surface area (Å²) in [6, 6.07) is 15.8. The molecule has 0 atom stereocenters. The van der Waals surface area contributed by atoms with E-state index in [0.29, 0.717) is 0 Å². The van der Waals surface area contributed by atoms with Crippen molar-refractivity contribution in [1.29, 1.82) is 0 Å². The van der Waals surface area contributed by atoms with Gasteiger partial charge >= 0.3 is 0 Å². The molecule has 0 saturated carbocycles. The maximum atomic E-state index is 8.98. The van der Waals surface area contributed by atoms with Crippen LogP contribution in [0.3, 0.4) is 0 Å². The van der Waals surface area contributed by atoms with Crippen LogP contribution in [-0.2, 0) is 12.8 Å². The van der Waals surface area contributed by atoms with Crippen LogP contribution in [0.4, 0.5) is 0 Å². The van der Waals surface area contributed by atoms with Gasteiger partial charge in [0.2, 0.25) is 0 Å². The fourth-order valence-corrected chi connectivity index (χ4v) is 2.28. The molecule has 0 aliphatic carbocycles. The topological polar surface area (TPSA) is 49.7 Å². The zero-order chi connectivity index (χ0) is 14.9. The molecule has 0 radical (unpaired) electrons. The van der Waals surface area contributed by atoms with E-state index >= 15 is 0 Å². The minimum Gasteiger partial charge on any atom is -0.457 e. The average Bonchev–Trinajstić information content (AvgIpc) is 2.53. The third-order valence-electron chi connectivity index (χ3n) is 3.37. The lowest BCUT2D eigenvalue weighted by molar-refractivity contribution is 0.287. The molecule has 0 spiro atoms. The van der Waals surface area contributed by atoms with Gasteiger partial charge in [-0.2, -0.15) is 0 Å². The highest BCUT2D eigenvalue weighted by Crippen LogP contribution is 2.29. The summed E-state index contributed by atoms with van der Waals surface area (Å²) in [6.07, 6.45) is 3.05. The molecule has 21 heavy (non-hydrogen) atoms. The highest BCUT2D eigenvalue weighted by atomic mass is 16.5. The largest absolute Gasteiger partial charge is 0.457 e. The molecule has 2 aromatic rings. The van der Waals surface area contributed by atoms with E-state index in [9.17, 15) is 0 Å². The van der Waals surface area contributed by atoms with E-state index in [2.05, 4.69) is 0 Å². The molecule has 112 valence electrons. The Labute approximate surface area is 125 Å². The summed E-state index contributed by atoms with van der Waals surface area (Å²) in [6.45, 7) is 0.364. The standard InChI is InChI=1S/C18H22O3/c19-13-5-9-15-7-1-3-11-17(15)21-18-12-4-2-8-16(18)10-6-14-20/h1-4,7-8,11-12,19-20H,5-6,9-10,13-14H2. The van der Waals surface area contributed by atoms with Crippen molar-refractivity contribution < 1.29 is 14.9 Å². The highest BCUT2D eigenvalue weighted by Gasteiger charge is 2.07. The fraction of sp³-hybridized carbons (Fsp3) is 0.333. The average molecular weight is 286 g/mol. The second-order valence-corrected chi connectivity index (χ2v) is 4.97. The van der Waals surface area contributed by atoms with Crippen LogP contribution in [0.2, 0.25) is 0 Å². The van der Waals surface area contributed by atoms with Crippen LogP contribution in [0.25, 0.3) is 0 Å². The molecule has 0 aromatic heterocycles. The summed E-state index contributed by atoms with van der Waals surface area (Å²) >= 11 is 0. The van der Waals surface area contributed by atoms with Gasteiger partial charge in [-0.25, -0.2) is 0 Å². The molecule has 2 rings (SSSR count). The minimum absolute atomic E-state index is 0.182. The summed E-state index contributed by atoms with van der Waals surface area (Å²) in [5, 5.41) is 18.0. The molecular weight excluding hydrogens is 264 g/mol. The third-order valence-corrected chi connectivity index (χ3v) is 3.37. The van der Waals surface area contributed by atoms with Gasteiger partial charge in [0, 0.05) is 13.2 Å². The first-order valence-corrected chi connectivity index (χ1v) is 7.40. The van der Waals surface area contributed by atoms with E-state index in [1.165, 1.54) is 0 Å². The van der Waals surface area contributed by atoms with Crippen molar-refractivity contribution in [2.75, 3.05) is 13.2 Å². The summed E-state index contributed by atoms with van der Waals surface area (Å²) < 4.78 is 6.07.